The number of hydrogen-bond donors (Lipinski definition) is 0. The zero-order valence-electron chi connectivity index (χ0n) is 12.9. The first-order chi connectivity index (χ1) is 12.3. The highest BCUT2D eigenvalue weighted by Gasteiger charge is 2.08. The summed E-state index contributed by atoms with van der Waals surface area (Å²) < 4.78 is 7.37. The smallest absolute Gasteiger partial charge is 0.253 e. The number of thioether (sulfide) groups is 1. The molecule has 0 N–H and O–H groups in total. The standard InChI is InChI=1S/C16H12ClN5OS2/c17-11-2-4-13(5-3-11)23-8-14-19-12(9-24-14)10-25-16-20-15-18-6-1-7-22(15)21-16/h1-7,9H,8,10H2. The number of fused-ring (bicyclic) bond motifs is 1. The molecule has 0 aliphatic rings. The first-order valence-electron chi connectivity index (χ1n) is 7.38. The van der Waals surface area contributed by atoms with Crippen molar-refractivity contribution in [3.63, 3.8) is 0 Å². The van der Waals surface area contributed by atoms with Crippen molar-refractivity contribution >= 4 is 40.5 Å². The molecule has 1 aromatic carbocycles. The molecule has 126 valence electrons. The van der Waals surface area contributed by atoms with Crippen molar-refractivity contribution < 1.29 is 4.74 Å². The molecule has 4 aromatic rings. The zero-order chi connectivity index (χ0) is 17.1. The zero-order valence-corrected chi connectivity index (χ0v) is 15.3. The van der Waals surface area contributed by atoms with Crippen LogP contribution in [0.15, 0.2) is 53.3 Å². The summed E-state index contributed by atoms with van der Waals surface area (Å²) in [7, 11) is 0. The van der Waals surface area contributed by atoms with E-state index in [1.807, 2.05) is 29.8 Å². The van der Waals surface area contributed by atoms with Crippen LogP contribution in [-0.2, 0) is 12.4 Å². The molecule has 3 heterocycles. The molecular weight excluding hydrogens is 378 g/mol. The summed E-state index contributed by atoms with van der Waals surface area (Å²) in [6.07, 6.45) is 3.53. The number of hydrogen-bond acceptors (Lipinski definition) is 7. The number of ether oxygens (including phenoxy) is 1. The number of aromatic nitrogens is 5. The maximum Gasteiger partial charge on any atom is 0.253 e. The second-order valence-corrected chi connectivity index (χ2v) is 7.34. The van der Waals surface area contributed by atoms with Crippen LogP contribution in [0.1, 0.15) is 10.7 Å². The Morgan fingerprint density at radius 1 is 1.20 bits per heavy atom. The normalized spacial score (nSPS) is 11.1. The molecule has 0 unspecified atom stereocenters. The monoisotopic (exact) mass is 389 g/mol. The van der Waals surface area contributed by atoms with E-state index in [0.29, 0.717) is 28.3 Å². The molecule has 0 amide bonds. The summed E-state index contributed by atoms with van der Waals surface area (Å²) in [5.41, 5.74) is 0.983. The molecule has 4 rings (SSSR count). The Labute approximate surface area is 156 Å². The van der Waals surface area contributed by atoms with Crippen molar-refractivity contribution in [2.75, 3.05) is 0 Å². The number of thiazole rings is 1. The first kappa shape index (κ1) is 16.3. The van der Waals surface area contributed by atoms with Gasteiger partial charge < -0.3 is 4.74 Å². The van der Waals surface area contributed by atoms with Crippen LogP contribution < -0.4 is 4.74 Å². The van der Waals surface area contributed by atoms with Crippen LogP contribution >= 0.6 is 34.7 Å². The Kier molecular flexibility index (Phi) is 4.82. The maximum atomic E-state index is 5.86. The SMILES string of the molecule is Clc1ccc(OCc2nc(CSc3nc4ncccn4n3)cs2)cc1. The number of benzene rings is 1. The predicted octanol–water partition coefficient (Wildman–Crippen LogP) is 4.11. The van der Waals surface area contributed by atoms with Crippen molar-refractivity contribution in [3.05, 3.63) is 63.8 Å². The lowest BCUT2D eigenvalue weighted by molar-refractivity contribution is 0.305. The van der Waals surface area contributed by atoms with Gasteiger partial charge in [0, 0.05) is 28.5 Å². The van der Waals surface area contributed by atoms with E-state index in [-0.39, 0.29) is 0 Å². The van der Waals surface area contributed by atoms with Gasteiger partial charge in [-0.05, 0) is 30.3 Å². The van der Waals surface area contributed by atoms with Gasteiger partial charge in [0.15, 0.2) is 0 Å². The molecule has 0 fully saturated rings. The fraction of sp³-hybridized carbons (Fsp3) is 0.125. The molecule has 9 heteroatoms. The molecule has 0 bridgehead atoms. The van der Waals surface area contributed by atoms with Gasteiger partial charge in [-0.3, -0.25) is 0 Å². The Morgan fingerprint density at radius 2 is 2.08 bits per heavy atom. The Balaban J connectivity index is 1.33. The van der Waals surface area contributed by atoms with Gasteiger partial charge in [0.05, 0.1) is 5.69 Å². The summed E-state index contributed by atoms with van der Waals surface area (Å²) in [6.45, 7) is 0.438. The Bertz CT molecular complexity index is 953. The van der Waals surface area contributed by atoms with Crippen LogP contribution in [0.25, 0.3) is 5.78 Å². The van der Waals surface area contributed by atoms with Crippen LogP contribution in [-0.4, -0.2) is 24.6 Å². The molecule has 0 spiro atoms. The molecule has 0 aliphatic carbocycles. The van der Waals surface area contributed by atoms with E-state index in [1.165, 1.54) is 11.8 Å². The van der Waals surface area contributed by atoms with Gasteiger partial charge in [0.1, 0.15) is 17.4 Å². The van der Waals surface area contributed by atoms with Gasteiger partial charge in [-0.1, -0.05) is 23.4 Å². The van der Waals surface area contributed by atoms with Crippen molar-refractivity contribution in [1.82, 2.24) is 24.6 Å². The number of halogens is 1. The molecule has 6 nitrogen and oxygen atoms in total. The van der Waals surface area contributed by atoms with Crippen molar-refractivity contribution in [2.45, 2.75) is 17.5 Å². The highest BCUT2D eigenvalue weighted by Crippen LogP contribution is 2.22. The number of rotatable bonds is 6. The molecule has 3 aromatic heterocycles. The molecule has 0 saturated carbocycles. The first-order valence-corrected chi connectivity index (χ1v) is 9.62. The lowest BCUT2D eigenvalue weighted by Crippen LogP contribution is -1.95. The molecule has 0 saturated heterocycles. The Morgan fingerprint density at radius 3 is 2.92 bits per heavy atom. The third kappa shape index (κ3) is 4.09. The molecular formula is C16H12ClN5OS2. The summed E-state index contributed by atoms with van der Waals surface area (Å²) in [5.74, 6) is 2.08. The van der Waals surface area contributed by atoms with Gasteiger partial charge in [-0.15, -0.1) is 16.4 Å². The number of nitrogens with zero attached hydrogens (tertiary/aromatic N) is 5. The van der Waals surface area contributed by atoms with Gasteiger partial charge in [0.2, 0.25) is 5.16 Å². The minimum absolute atomic E-state index is 0.438. The Hall–Kier alpha value is -2.16. The fourth-order valence-electron chi connectivity index (χ4n) is 2.07. The quantitative estimate of drug-likeness (QED) is 0.462. The van der Waals surface area contributed by atoms with Gasteiger partial charge in [-0.2, -0.15) is 4.98 Å². The third-order valence-electron chi connectivity index (χ3n) is 3.22. The molecule has 0 atom stereocenters. The van der Waals surface area contributed by atoms with E-state index in [0.717, 1.165) is 16.5 Å². The average Bonchev–Trinajstić information content (AvgIpc) is 3.25. The van der Waals surface area contributed by atoms with Crippen molar-refractivity contribution in [1.29, 1.82) is 0 Å². The predicted molar refractivity (Wildman–Crippen MR) is 98.2 cm³/mol. The van der Waals surface area contributed by atoms with Gasteiger partial charge in [-0.25, -0.2) is 14.5 Å². The molecule has 25 heavy (non-hydrogen) atoms. The second kappa shape index (κ2) is 7.38. The van der Waals surface area contributed by atoms with E-state index < -0.39 is 0 Å². The third-order valence-corrected chi connectivity index (χ3v) is 5.22. The van der Waals surface area contributed by atoms with Gasteiger partial charge in [0.25, 0.3) is 5.78 Å². The summed E-state index contributed by atoms with van der Waals surface area (Å²) in [4.78, 5) is 13.1. The fourth-order valence-corrected chi connectivity index (χ4v) is 3.72. The highest BCUT2D eigenvalue weighted by atomic mass is 35.5. The van der Waals surface area contributed by atoms with Crippen LogP contribution in [0.4, 0.5) is 0 Å². The summed E-state index contributed by atoms with van der Waals surface area (Å²) in [6, 6.07) is 9.12. The van der Waals surface area contributed by atoms with Crippen LogP contribution in [0, 0.1) is 0 Å². The summed E-state index contributed by atoms with van der Waals surface area (Å²) >= 11 is 8.97. The molecule has 0 aliphatic heterocycles. The van der Waals surface area contributed by atoms with E-state index in [2.05, 4.69) is 20.1 Å². The maximum absolute atomic E-state index is 5.86. The minimum atomic E-state index is 0.438. The van der Waals surface area contributed by atoms with E-state index >= 15 is 0 Å². The van der Waals surface area contributed by atoms with E-state index in [1.54, 1.807) is 34.2 Å². The van der Waals surface area contributed by atoms with Crippen LogP contribution in [0.5, 0.6) is 5.75 Å². The van der Waals surface area contributed by atoms with Crippen molar-refractivity contribution in [3.8, 4) is 5.75 Å². The van der Waals surface area contributed by atoms with Gasteiger partial charge >= 0.3 is 0 Å². The topological polar surface area (TPSA) is 65.2 Å². The van der Waals surface area contributed by atoms with Crippen molar-refractivity contribution in [2.24, 2.45) is 0 Å². The average molecular weight is 390 g/mol. The lowest BCUT2D eigenvalue weighted by atomic mass is 10.3. The van der Waals surface area contributed by atoms with Crippen LogP contribution in [0.2, 0.25) is 5.02 Å². The van der Waals surface area contributed by atoms with E-state index in [9.17, 15) is 0 Å². The summed E-state index contributed by atoms with van der Waals surface area (Å²) in [5, 5.41) is 8.70. The molecule has 0 radical (unpaired) electrons. The second-order valence-electron chi connectivity index (χ2n) is 5.02. The largest absolute Gasteiger partial charge is 0.486 e. The van der Waals surface area contributed by atoms with E-state index in [4.69, 9.17) is 16.3 Å². The highest BCUT2D eigenvalue weighted by molar-refractivity contribution is 7.98. The minimum Gasteiger partial charge on any atom is -0.486 e. The lowest BCUT2D eigenvalue weighted by Gasteiger charge is -2.03. The van der Waals surface area contributed by atoms with Crippen LogP contribution in [0.3, 0.4) is 0 Å².